The Morgan fingerprint density at radius 3 is 2.30 bits per heavy atom. The molecule has 1 aliphatic carbocycles. The Labute approximate surface area is 197 Å². The average Bonchev–Trinajstić information content (AvgIpc) is 2.84. The second kappa shape index (κ2) is 10.7. The van der Waals surface area contributed by atoms with Gasteiger partial charge in [0.2, 0.25) is 0 Å². The second-order valence-electron chi connectivity index (χ2n) is 8.75. The summed E-state index contributed by atoms with van der Waals surface area (Å²) in [5.41, 5.74) is 7.04. The minimum atomic E-state index is -0.169. The summed E-state index contributed by atoms with van der Waals surface area (Å²) < 4.78 is 17.4. The van der Waals surface area contributed by atoms with Crippen molar-refractivity contribution < 1.29 is 14.2 Å². The highest BCUT2D eigenvalue weighted by molar-refractivity contribution is 6.06. The van der Waals surface area contributed by atoms with Gasteiger partial charge in [-0.2, -0.15) is 0 Å². The monoisotopic (exact) mass is 443 g/mol. The molecule has 0 spiro atoms. The van der Waals surface area contributed by atoms with E-state index in [0.29, 0.717) is 12.5 Å². The van der Waals surface area contributed by atoms with E-state index >= 15 is 0 Å². The van der Waals surface area contributed by atoms with Gasteiger partial charge in [0.05, 0.1) is 19.4 Å². The van der Waals surface area contributed by atoms with Gasteiger partial charge in [-0.3, -0.25) is 4.99 Å². The molecule has 1 atom stereocenters. The van der Waals surface area contributed by atoms with Crippen molar-refractivity contribution in [2.24, 2.45) is 4.99 Å². The zero-order chi connectivity index (χ0) is 23.2. The van der Waals surface area contributed by atoms with Crippen molar-refractivity contribution >= 4 is 11.4 Å². The molecule has 0 radical (unpaired) electrons. The van der Waals surface area contributed by atoms with E-state index in [9.17, 15) is 0 Å². The van der Waals surface area contributed by atoms with Gasteiger partial charge < -0.3 is 14.2 Å². The molecule has 0 amide bonds. The summed E-state index contributed by atoms with van der Waals surface area (Å²) >= 11 is 0. The van der Waals surface area contributed by atoms with Crippen LogP contribution in [0.4, 0.5) is 5.69 Å². The highest BCUT2D eigenvalue weighted by Crippen LogP contribution is 2.39. The highest BCUT2D eigenvalue weighted by Gasteiger charge is 2.26. The Kier molecular flexibility index (Phi) is 7.46. The standard InChI is InChI=1S/C29H33NO3/c1-20(2)28-26(33-27(19-31-3)21-9-6-5-7-10-21)18-13-22-11-8-12-25(29(22)28)30-23-14-16-24(32-4)17-15-23/h5-7,9-10,13-18,20,27H,8,11-12,19H2,1-4H3. The zero-order valence-electron chi connectivity index (χ0n) is 20.0. The number of benzene rings is 3. The third-order valence-corrected chi connectivity index (χ3v) is 6.11. The number of hydrogen-bond donors (Lipinski definition) is 0. The second-order valence-corrected chi connectivity index (χ2v) is 8.75. The molecule has 0 bridgehead atoms. The molecule has 0 aromatic heterocycles. The Balaban J connectivity index is 1.76. The SMILES string of the molecule is COCC(Oc1ccc2c(c1C(C)C)C(=Nc1ccc(OC)cc1)CCC2)c1ccccc1. The van der Waals surface area contributed by atoms with Gasteiger partial charge in [0.15, 0.2) is 0 Å². The number of fused-ring (bicyclic) bond motifs is 1. The van der Waals surface area contributed by atoms with Crippen LogP contribution < -0.4 is 9.47 Å². The smallest absolute Gasteiger partial charge is 0.147 e. The Hall–Kier alpha value is -3.11. The van der Waals surface area contributed by atoms with Gasteiger partial charge in [0.25, 0.3) is 0 Å². The third kappa shape index (κ3) is 5.28. The van der Waals surface area contributed by atoms with Crippen LogP contribution in [0, 0.1) is 0 Å². The maximum Gasteiger partial charge on any atom is 0.147 e. The van der Waals surface area contributed by atoms with Crippen molar-refractivity contribution in [3.8, 4) is 11.5 Å². The topological polar surface area (TPSA) is 40.0 Å². The van der Waals surface area contributed by atoms with Gasteiger partial charge in [-0.25, -0.2) is 0 Å². The molecule has 3 aromatic rings. The molecule has 172 valence electrons. The summed E-state index contributed by atoms with van der Waals surface area (Å²) in [5.74, 6) is 2.05. The van der Waals surface area contributed by atoms with Gasteiger partial charge in [0, 0.05) is 23.9 Å². The van der Waals surface area contributed by atoms with E-state index in [1.165, 1.54) is 16.7 Å². The van der Waals surface area contributed by atoms with Gasteiger partial charge in [-0.05, 0) is 66.6 Å². The summed E-state index contributed by atoms with van der Waals surface area (Å²) in [7, 11) is 3.40. The lowest BCUT2D eigenvalue weighted by Gasteiger charge is -2.28. The van der Waals surface area contributed by atoms with Crippen molar-refractivity contribution in [3.63, 3.8) is 0 Å². The maximum atomic E-state index is 6.63. The molecule has 4 heteroatoms. The number of aliphatic imine (C=N–C) groups is 1. The first kappa shape index (κ1) is 23.1. The highest BCUT2D eigenvalue weighted by atomic mass is 16.5. The Bertz CT molecular complexity index is 1090. The van der Waals surface area contributed by atoms with Crippen molar-refractivity contribution in [3.05, 3.63) is 89.0 Å². The first-order chi connectivity index (χ1) is 16.1. The van der Waals surface area contributed by atoms with Crippen molar-refractivity contribution in [1.82, 2.24) is 0 Å². The van der Waals surface area contributed by atoms with Crippen LogP contribution in [0.25, 0.3) is 0 Å². The Morgan fingerprint density at radius 2 is 1.64 bits per heavy atom. The third-order valence-electron chi connectivity index (χ3n) is 6.11. The van der Waals surface area contributed by atoms with Crippen LogP contribution in [0.15, 0.2) is 71.7 Å². The van der Waals surface area contributed by atoms with Crippen LogP contribution in [-0.2, 0) is 11.2 Å². The molecule has 0 N–H and O–H groups in total. The maximum absolute atomic E-state index is 6.63. The van der Waals surface area contributed by atoms with E-state index in [4.69, 9.17) is 19.2 Å². The molecule has 0 heterocycles. The van der Waals surface area contributed by atoms with Crippen LogP contribution >= 0.6 is 0 Å². The van der Waals surface area contributed by atoms with Crippen molar-refractivity contribution in [2.45, 2.75) is 45.1 Å². The number of rotatable bonds is 8. The number of hydrogen-bond acceptors (Lipinski definition) is 4. The average molecular weight is 444 g/mol. The molecule has 0 saturated carbocycles. The first-order valence-electron chi connectivity index (χ1n) is 11.7. The Morgan fingerprint density at radius 1 is 0.879 bits per heavy atom. The summed E-state index contributed by atoms with van der Waals surface area (Å²) in [6, 6.07) is 22.6. The fourth-order valence-corrected chi connectivity index (χ4v) is 4.54. The molecule has 3 aromatic carbocycles. The van der Waals surface area contributed by atoms with Gasteiger partial charge in [-0.15, -0.1) is 0 Å². The summed E-state index contributed by atoms with van der Waals surface area (Å²) in [6.07, 6.45) is 2.97. The van der Waals surface area contributed by atoms with Gasteiger partial charge in [0.1, 0.15) is 17.6 Å². The van der Waals surface area contributed by atoms with Crippen molar-refractivity contribution in [1.29, 1.82) is 0 Å². The minimum Gasteiger partial charge on any atom is -0.497 e. The summed E-state index contributed by atoms with van der Waals surface area (Å²) in [5, 5.41) is 0. The lowest BCUT2D eigenvalue weighted by atomic mass is 9.82. The molecular formula is C29H33NO3. The molecule has 1 aliphatic rings. The number of ether oxygens (including phenoxy) is 3. The van der Waals surface area contributed by atoms with E-state index in [0.717, 1.165) is 47.7 Å². The molecule has 0 fully saturated rings. The molecule has 33 heavy (non-hydrogen) atoms. The normalized spacial score (nSPS) is 15.4. The molecule has 4 rings (SSSR count). The predicted octanol–water partition coefficient (Wildman–Crippen LogP) is 7.04. The van der Waals surface area contributed by atoms with Crippen LogP contribution in [0.2, 0.25) is 0 Å². The molecule has 1 unspecified atom stereocenters. The van der Waals surface area contributed by atoms with Gasteiger partial charge >= 0.3 is 0 Å². The lowest BCUT2D eigenvalue weighted by Crippen LogP contribution is -2.19. The number of nitrogens with zero attached hydrogens (tertiary/aromatic N) is 1. The fraction of sp³-hybridized carbons (Fsp3) is 0.345. The van der Waals surface area contributed by atoms with E-state index in [2.05, 4.69) is 38.1 Å². The quantitative estimate of drug-likeness (QED) is 0.375. The van der Waals surface area contributed by atoms with Crippen LogP contribution in [0.1, 0.15) is 61.0 Å². The molecule has 0 aliphatic heterocycles. The number of aryl methyl sites for hydroxylation is 1. The van der Waals surface area contributed by atoms with Crippen LogP contribution in [0.3, 0.4) is 0 Å². The van der Waals surface area contributed by atoms with Crippen molar-refractivity contribution in [2.75, 3.05) is 20.8 Å². The molecule has 4 nitrogen and oxygen atoms in total. The van der Waals surface area contributed by atoms with E-state index < -0.39 is 0 Å². The van der Waals surface area contributed by atoms with E-state index in [1.54, 1.807) is 14.2 Å². The molecular weight excluding hydrogens is 410 g/mol. The largest absolute Gasteiger partial charge is 0.497 e. The van der Waals surface area contributed by atoms with E-state index in [1.807, 2.05) is 42.5 Å². The summed E-state index contributed by atoms with van der Waals surface area (Å²) in [6.45, 7) is 4.96. The first-order valence-corrected chi connectivity index (χ1v) is 11.7. The lowest BCUT2D eigenvalue weighted by molar-refractivity contribution is 0.0801. The summed E-state index contributed by atoms with van der Waals surface area (Å²) in [4.78, 5) is 5.07. The molecule has 0 saturated heterocycles. The van der Waals surface area contributed by atoms with Crippen LogP contribution in [0.5, 0.6) is 11.5 Å². The van der Waals surface area contributed by atoms with Gasteiger partial charge in [-0.1, -0.05) is 50.2 Å². The van der Waals surface area contributed by atoms with Crippen LogP contribution in [-0.4, -0.2) is 26.5 Å². The zero-order valence-corrected chi connectivity index (χ0v) is 20.0. The predicted molar refractivity (Wildman–Crippen MR) is 134 cm³/mol. The number of methoxy groups -OCH3 is 2. The van der Waals surface area contributed by atoms with E-state index in [-0.39, 0.29) is 6.10 Å². The minimum absolute atomic E-state index is 0.169. The fourth-order valence-electron chi connectivity index (χ4n) is 4.54.